The van der Waals surface area contributed by atoms with E-state index in [1.165, 1.54) is 11.1 Å². The fourth-order valence-electron chi connectivity index (χ4n) is 3.64. The number of benzene rings is 2. The van der Waals surface area contributed by atoms with Gasteiger partial charge in [-0.1, -0.05) is 61.0 Å². The highest BCUT2D eigenvalue weighted by atomic mass is 35.5. The largest absolute Gasteiger partial charge is 0.354 e. The summed E-state index contributed by atoms with van der Waals surface area (Å²) < 4.78 is 0. The first-order valence-corrected chi connectivity index (χ1v) is 12.2. The van der Waals surface area contributed by atoms with Gasteiger partial charge in [0.1, 0.15) is 0 Å². The van der Waals surface area contributed by atoms with Gasteiger partial charge in [-0.05, 0) is 61.8 Å². The van der Waals surface area contributed by atoms with E-state index in [9.17, 15) is 14.4 Å². The number of aryl methyl sites for hydroxylation is 2. The number of hydrogen-bond donors (Lipinski definition) is 4. The van der Waals surface area contributed by atoms with E-state index < -0.39 is 11.9 Å². The van der Waals surface area contributed by atoms with E-state index in [2.05, 4.69) is 34.9 Å². The van der Waals surface area contributed by atoms with Crippen LogP contribution in [0.25, 0.3) is 0 Å². The Hall–Kier alpha value is -2.45. The Bertz CT molecular complexity index is 896. The van der Waals surface area contributed by atoms with Gasteiger partial charge in [-0.2, -0.15) is 0 Å². The van der Waals surface area contributed by atoms with E-state index in [1.807, 2.05) is 30.3 Å². The Kier molecular flexibility index (Phi) is 18.4. The minimum Gasteiger partial charge on any atom is -0.354 e. The van der Waals surface area contributed by atoms with Gasteiger partial charge in [-0.3, -0.25) is 19.7 Å². The first-order chi connectivity index (χ1) is 16.5. The highest BCUT2D eigenvalue weighted by Gasteiger charge is 2.14. The van der Waals surface area contributed by atoms with Crippen LogP contribution in [0.2, 0.25) is 0 Å². The second-order valence-electron chi connectivity index (χ2n) is 8.59. The molecule has 0 radical (unpaired) electrons. The Morgan fingerprint density at radius 1 is 0.750 bits per heavy atom. The van der Waals surface area contributed by atoms with Crippen LogP contribution >= 0.6 is 24.8 Å². The number of hydrogen-bond acceptors (Lipinski definition) is 5. The molecule has 0 unspecified atom stereocenters. The number of carbonyl (C=O) groups is 3. The SMILES string of the molecule is Cl.Cl.NCCCC[C@H](N)C(=O)NCCC(=O)NC(=O)Cc1ccc(CCCCc2ccccc2)cc1. The molecule has 0 fully saturated rings. The molecule has 0 aliphatic heterocycles. The van der Waals surface area contributed by atoms with Gasteiger partial charge in [0, 0.05) is 13.0 Å². The summed E-state index contributed by atoms with van der Waals surface area (Å²) in [7, 11) is 0. The van der Waals surface area contributed by atoms with E-state index in [-0.39, 0.29) is 56.0 Å². The second-order valence-corrected chi connectivity index (χ2v) is 8.59. The molecule has 9 heteroatoms. The van der Waals surface area contributed by atoms with Gasteiger partial charge < -0.3 is 16.8 Å². The average Bonchev–Trinajstić information content (AvgIpc) is 2.83. The van der Waals surface area contributed by atoms with Crippen LogP contribution in [0.1, 0.15) is 55.2 Å². The first kappa shape index (κ1) is 33.5. The summed E-state index contributed by atoms with van der Waals surface area (Å²) in [5, 5.41) is 5.00. The fourth-order valence-corrected chi connectivity index (χ4v) is 3.64. The number of halogens is 2. The summed E-state index contributed by atoms with van der Waals surface area (Å²) in [4.78, 5) is 36.0. The van der Waals surface area contributed by atoms with Crippen LogP contribution in [0.4, 0.5) is 0 Å². The van der Waals surface area contributed by atoms with Crippen molar-refractivity contribution in [2.75, 3.05) is 13.1 Å². The van der Waals surface area contributed by atoms with Crippen molar-refractivity contribution < 1.29 is 14.4 Å². The molecule has 1 atom stereocenters. The highest BCUT2D eigenvalue weighted by Crippen LogP contribution is 2.11. The molecule has 7 nitrogen and oxygen atoms in total. The number of unbranched alkanes of at least 4 members (excludes halogenated alkanes) is 2. The summed E-state index contributed by atoms with van der Waals surface area (Å²) >= 11 is 0. The van der Waals surface area contributed by atoms with Crippen LogP contribution in [0, 0.1) is 0 Å². The minimum atomic E-state index is -0.608. The van der Waals surface area contributed by atoms with Crippen LogP contribution in [0.5, 0.6) is 0 Å². The highest BCUT2D eigenvalue weighted by molar-refractivity contribution is 5.96. The summed E-state index contributed by atoms with van der Waals surface area (Å²) in [5.74, 6) is -1.07. The Morgan fingerprint density at radius 2 is 1.33 bits per heavy atom. The third-order valence-electron chi connectivity index (χ3n) is 5.65. The zero-order chi connectivity index (χ0) is 24.6. The van der Waals surface area contributed by atoms with Crippen molar-refractivity contribution in [3.8, 4) is 0 Å². The number of nitrogens with two attached hydrogens (primary N) is 2. The van der Waals surface area contributed by atoms with Gasteiger partial charge in [-0.15, -0.1) is 24.8 Å². The maximum atomic E-state index is 12.2. The molecule has 0 saturated carbocycles. The second kappa shape index (κ2) is 19.7. The number of nitrogens with one attached hydrogen (secondary N) is 2. The molecule has 2 rings (SSSR count). The van der Waals surface area contributed by atoms with Crippen LogP contribution < -0.4 is 22.1 Å². The predicted molar refractivity (Wildman–Crippen MR) is 149 cm³/mol. The van der Waals surface area contributed by atoms with Crippen molar-refractivity contribution >= 4 is 42.5 Å². The van der Waals surface area contributed by atoms with Crippen LogP contribution in [0.15, 0.2) is 54.6 Å². The molecule has 6 N–H and O–H groups in total. The third kappa shape index (κ3) is 14.2. The van der Waals surface area contributed by atoms with E-state index in [1.54, 1.807) is 0 Å². The molecule has 0 heterocycles. The van der Waals surface area contributed by atoms with E-state index in [4.69, 9.17) is 11.5 Å². The molecule has 0 spiro atoms. The maximum absolute atomic E-state index is 12.2. The van der Waals surface area contributed by atoms with Crippen molar-refractivity contribution in [2.24, 2.45) is 11.5 Å². The number of amides is 3. The molecule has 36 heavy (non-hydrogen) atoms. The summed E-state index contributed by atoms with van der Waals surface area (Å²) in [6, 6.07) is 17.8. The Morgan fingerprint density at radius 3 is 1.94 bits per heavy atom. The van der Waals surface area contributed by atoms with Gasteiger partial charge in [0.2, 0.25) is 17.7 Å². The van der Waals surface area contributed by atoms with Gasteiger partial charge in [0.15, 0.2) is 0 Å². The molecular formula is C27H40Cl2N4O3. The fraction of sp³-hybridized carbons (Fsp3) is 0.444. The zero-order valence-corrected chi connectivity index (χ0v) is 22.4. The van der Waals surface area contributed by atoms with Crippen LogP contribution in [-0.2, 0) is 33.6 Å². The van der Waals surface area contributed by atoms with Gasteiger partial charge in [-0.25, -0.2) is 0 Å². The molecule has 2 aromatic carbocycles. The smallest absolute Gasteiger partial charge is 0.236 e. The van der Waals surface area contributed by atoms with Crippen molar-refractivity contribution in [2.45, 2.75) is 63.8 Å². The van der Waals surface area contributed by atoms with Crippen molar-refractivity contribution in [3.63, 3.8) is 0 Å². The molecule has 3 amide bonds. The quantitative estimate of drug-likeness (QED) is 0.259. The van der Waals surface area contributed by atoms with Gasteiger partial charge in [0.05, 0.1) is 12.5 Å². The van der Waals surface area contributed by atoms with Gasteiger partial charge >= 0.3 is 0 Å². The van der Waals surface area contributed by atoms with Gasteiger partial charge in [0.25, 0.3) is 0 Å². The molecule has 0 aliphatic carbocycles. The molecule has 2 aromatic rings. The van der Waals surface area contributed by atoms with E-state index in [0.29, 0.717) is 13.0 Å². The number of imide groups is 1. The van der Waals surface area contributed by atoms with Crippen LogP contribution in [0.3, 0.4) is 0 Å². The lowest BCUT2D eigenvalue weighted by Crippen LogP contribution is -2.42. The van der Waals surface area contributed by atoms with Crippen LogP contribution in [-0.4, -0.2) is 36.9 Å². The molecule has 200 valence electrons. The molecular weight excluding hydrogens is 499 g/mol. The Labute approximate surface area is 227 Å². The predicted octanol–water partition coefficient (Wildman–Crippen LogP) is 3.24. The maximum Gasteiger partial charge on any atom is 0.236 e. The third-order valence-corrected chi connectivity index (χ3v) is 5.65. The van der Waals surface area contributed by atoms with Crippen molar-refractivity contribution in [1.82, 2.24) is 10.6 Å². The first-order valence-electron chi connectivity index (χ1n) is 12.2. The molecule has 0 saturated heterocycles. The standard InChI is InChI=1S/C27H38N4O3.2ClH/c28-18-7-6-12-24(29)27(34)30-19-17-25(32)31-26(33)20-23-15-13-22(14-16-23)11-5-4-10-21-8-2-1-3-9-21;;/h1-3,8-9,13-16,24H,4-7,10-12,17-20,28-29H2,(H,30,34)(H,31,32,33);2*1H/t24-;;/m0../s1. The summed E-state index contributed by atoms with van der Waals surface area (Å²) in [6.45, 7) is 0.712. The zero-order valence-electron chi connectivity index (χ0n) is 20.7. The lowest BCUT2D eigenvalue weighted by molar-refractivity contribution is -0.130. The normalized spacial score (nSPS) is 10.9. The lowest BCUT2D eigenvalue weighted by Gasteiger charge is -2.12. The monoisotopic (exact) mass is 538 g/mol. The average molecular weight is 540 g/mol. The van der Waals surface area contributed by atoms with Crippen molar-refractivity contribution in [1.29, 1.82) is 0 Å². The molecule has 0 aromatic heterocycles. The summed E-state index contributed by atoms with van der Waals surface area (Å²) in [5.41, 5.74) is 14.7. The number of rotatable bonds is 15. The number of carbonyl (C=O) groups excluding carboxylic acids is 3. The van der Waals surface area contributed by atoms with Crippen molar-refractivity contribution in [3.05, 3.63) is 71.3 Å². The summed E-state index contributed by atoms with van der Waals surface area (Å²) in [6.07, 6.45) is 6.65. The molecule has 0 bridgehead atoms. The lowest BCUT2D eigenvalue weighted by atomic mass is 10.0. The minimum absolute atomic E-state index is 0. The Balaban J connectivity index is 0.00000612. The molecule has 0 aliphatic rings. The van der Waals surface area contributed by atoms with E-state index in [0.717, 1.165) is 44.1 Å². The topological polar surface area (TPSA) is 127 Å². The van der Waals surface area contributed by atoms with E-state index >= 15 is 0 Å².